The Bertz CT molecular complexity index is 613. The fourth-order valence-electron chi connectivity index (χ4n) is 1.93. The molecule has 16 heavy (non-hydrogen) atoms. The van der Waals surface area contributed by atoms with Crippen molar-refractivity contribution in [3.8, 4) is 0 Å². The van der Waals surface area contributed by atoms with Crippen LogP contribution < -0.4 is 11.1 Å². The van der Waals surface area contributed by atoms with E-state index in [1.54, 1.807) is 6.07 Å². The highest BCUT2D eigenvalue weighted by atomic mass is 16.2. The van der Waals surface area contributed by atoms with Gasteiger partial charge in [0, 0.05) is 22.4 Å². The van der Waals surface area contributed by atoms with Gasteiger partial charge in [0.1, 0.15) is 5.84 Å². The number of nitrogens with two attached hydrogens (primary N) is 1. The van der Waals surface area contributed by atoms with E-state index >= 15 is 0 Å². The Hall–Kier alpha value is -2.43. The highest BCUT2D eigenvalue weighted by molar-refractivity contribution is 6.22. The number of carbonyl (C=O) groups excluding carboxylic acids is 2. The monoisotopic (exact) mass is 213 g/mol. The van der Waals surface area contributed by atoms with Gasteiger partial charge in [-0.2, -0.15) is 4.99 Å². The molecule has 2 aliphatic rings. The molecule has 0 aliphatic carbocycles. The van der Waals surface area contributed by atoms with Crippen LogP contribution in [0, 0.1) is 0 Å². The second-order valence-electron chi connectivity index (χ2n) is 3.68. The van der Waals surface area contributed by atoms with E-state index in [1.807, 2.05) is 0 Å². The number of carbonyl (C=O) groups is 2. The van der Waals surface area contributed by atoms with E-state index in [1.165, 1.54) is 6.07 Å². The minimum absolute atomic E-state index is 0.190. The van der Waals surface area contributed by atoms with Crippen LogP contribution in [0.25, 0.3) is 5.70 Å². The number of hydrogen-bond donors (Lipinski definition) is 2. The lowest BCUT2D eigenvalue weighted by Gasteiger charge is -2.01. The van der Waals surface area contributed by atoms with Crippen molar-refractivity contribution in [2.24, 2.45) is 10.7 Å². The maximum atomic E-state index is 11.5. The Labute approximate surface area is 90.7 Å². The highest BCUT2D eigenvalue weighted by Gasteiger charge is 2.29. The quantitative estimate of drug-likeness (QED) is 0.648. The molecule has 0 spiro atoms. The summed E-state index contributed by atoms with van der Waals surface area (Å²) in [6.07, 6.45) is 0. The first kappa shape index (κ1) is 8.84. The molecule has 3 N–H and O–H groups in total. The molecule has 2 amide bonds. The number of nitrogens with one attached hydrogen (secondary N) is 1. The maximum absolute atomic E-state index is 11.5. The van der Waals surface area contributed by atoms with Gasteiger partial charge >= 0.3 is 0 Å². The molecule has 0 fully saturated rings. The molecular formula is C11H7N3O2. The molecule has 5 nitrogen and oxygen atoms in total. The lowest BCUT2D eigenvalue weighted by atomic mass is 9.99. The molecule has 1 aromatic rings. The number of nitrogens with zero attached hydrogens (tertiary/aromatic N) is 1. The average Bonchev–Trinajstić information content (AvgIpc) is 2.67. The van der Waals surface area contributed by atoms with Crippen molar-refractivity contribution in [2.45, 2.75) is 0 Å². The summed E-state index contributed by atoms with van der Waals surface area (Å²) in [4.78, 5) is 26.6. The summed E-state index contributed by atoms with van der Waals surface area (Å²) in [6, 6.07) is 3.19. The molecule has 0 atom stereocenters. The standard InChI is InChI=1S/C11H7N3O2/c1-4-5-2-6-8(11(16)14-9(6)12)3-7(5)10(15)13-4/h2-3H,1H2,(H,13,15)(H2,12,14,16). The molecule has 78 valence electrons. The summed E-state index contributed by atoms with van der Waals surface area (Å²) in [6.45, 7) is 3.72. The first-order valence-electron chi connectivity index (χ1n) is 4.65. The molecule has 0 bridgehead atoms. The molecule has 2 heterocycles. The van der Waals surface area contributed by atoms with Crippen LogP contribution in [0.4, 0.5) is 0 Å². The summed E-state index contributed by atoms with van der Waals surface area (Å²) >= 11 is 0. The Balaban J connectivity index is 2.33. The second-order valence-corrected chi connectivity index (χ2v) is 3.68. The molecular weight excluding hydrogens is 206 g/mol. The van der Waals surface area contributed by atoms with E-state index in [9.17, 15) is 9.59 Å². The van der Waals surface area contributed by atoms with Gasteiger partial charge in [-0.05, 0) is 12.1 Å². The van der Waals surface area contributed by atoms with Crippen LogP contribution in [0.5, 0.6) is 0 Å². The lowest BCUT2D eigenvalue weighted by molar-refractivity contribution is 0.0981. The molecule has 0 saturated heterocycles. The number of rotatable bonds is 0. The summed E-state index contributed by atoms with van der Waals surface area (Å²) in [5.74, 6) is -0.461. The van der Waals surface area contributed by atoms with Crippen LogP contribution in [0.2, 0.25) is 0 Å². The van der Waals surface area contributed by atoms with Crippen LogP contribution in [-0.4, -0.2) is 17.6 Å². The van der Waals surface area contributed by atoms with Gasteiger partial charge in [-0.25, -0.2) is 0 Å². The van der Waals surface area contributed by atoms with E-state index in [0.29, 0.717) is 28.0 Å². The molecule has 0 saturated carbocycles. The Morgan fingerprint density at radius 1 is 1.12 bits per heavy atom. The number of fused-ring (bicyclic) bond motifs is 2. The third-order valence-corrected chi connectivity index (χ3v) is 2.72. The Morgan fingerprint density at radius 3 is 2.56 bits per heavy atom. The first-order valence-corrected chi connectivity index (χ1v) is 4.65. The number of aliphatic imine (C=N–C) groups is 1. The molecule has 2 aliphatic heterocycles. The van der Waals surface area contributed by atoms with E-state index in [-0.39, 0.29) is 11.7 Å². The molecule has 0 aromatic heterocycles. The molecule has 1 aromatic carbocycles. The molecule has 3 rings (SSSR count). The van der Waals surface area contributed by atoms with Crippen LogP contribution in [0.3, 0.4) is 0 Å². The van der Waals surface area contributed by atoms with Crippen molar-refractivity contribution < 1.29 is 9.59 Å². The zero-order valence-electron chi connectivity index (χ0n) is 8.20. The number of amidine groups is 1. The van der Waals surface area contributed by atoms with Gasteiger partial charge in [-0.15, -0.1) is 0 Å². The fourth-order valence-corrected chi connectivity index (χ4v) is 1.93. The molecule has 0 unspecified atom stereocenters. The topological polar surface area (TPSA) is 84.6 Å². The Morgan fingerprint density at radius 2 is 1.81 bits per heavy atom. The van der Waals surface area contributed by atoms with Crippen molar-refractivity contribution in [1.82, 2.24) is 5.32 Å². The lowest BCUT2D eigenvalue weighted by Crippen LogP contribution is -2.12. The zero-order valence-corrected chi connectivity index (χ0v) is 8.20. The SMILES string of the molecule is C=C1NC(=O)c2cc3c(cc21)C(N)=NC3=O. The van der Waals surface area contributed by atoms with Gasteiger partial charge in [0.05, 0.1) is 5.56 Å². The predicted octanol–water partition coefficient (Wildman–Crippen LogP) is 0.260. The van der Waals surface area contributed by atoms with Crippen molar-refractivity contribution in [3.05, 3.63) is 41.0 Å². The minimum atomic E-state index is -0.402. The minimum Gasteiger partial charge on any atom is -0.383 e. The third-order valence-electron chi connectivity index (χ3n) is 2.72. The number of hydrogen-bond acceptors (Lipinski definition) is 3. The summed E-state index contributed by atoms with van der Waals surface area (Å²) in [5.41, 5.74) is 8.20. The van der Waals surface area contributed by atoms with Crippen molar-refractivity contribution >= 4 is 23.3 Å². The summed E-state index contributed by atoms with van der Waals surface area (Å²) in [5, 5.41) is 2.59. The highest BCUT2D eigenvalue weighted by Crippen LogP contribution is 2.29. The number of amides is 2. The van der Waals surface area contributed by atoms with Gasteiger partial charge in [-0.1, -0.05) is 6.58 Å². The summed E-state index contributed by atoms with van der Waals surface area (Å²) in [7, 11) is 0. The van der Waals surface area contributed by atoms with E-state index in [0.717, 1.165) is 0 Å². The van der Waals surface area contributed by atoms with Gasteiger partial charge in [-0.3, -0.25) is 9.59 Å². The second kappa shape index (κ2) is 2.57. The third kappa shape index (κ3) is 0.916. The van der Waals surface area contributed by atoms with Gasteiger partial charge in [0.2, 0.25) is 0 Å². The molecule has 5 heteroatoms. The van der Waals surface area contributed by atoms with E-state index in [2.05, 4.69) is 16.9 Å². The number of benzene rings is 1. The average molecular weight is 213 g/mol. The van der Waals surface area contributed by atoms with Crippen molar-refractivity contribution in [1.29, 1.82) is 0 Å². The first-order chi connectivity index (χ1) is 7.58. The smallest absolute Gasteiger partial charge is 0.279 e. The van der Waals surface area contributed by atoms with Crippen LogP contribution >= 0.6 is 0 Å². The predicted molar refractivity (Wildman–Crippen MR) is 58.0 cm³/mol. The summed E-state index contributed by atoms with van der Waals surface area (Å²) < 4.78 is 0. The van der Waals surface area contributed by atoms with Gasteiger partial charge in [0.15, 0.2) is 0 Å². The van der Waals surface area contributed by atoms with Crippen LogP contribution in [0.15, 0.2) is 23.7 Å². The fraction of sp³-hybridized carbons (Fsp3) is 0. The van der Waals surface area contributed by atoms with Gasteiger partial charge < -0.3 is 11.1 Å². The van der Waals surface area contributed by atoms with Crippen molar-refractivity contribution in [3.63, 3.8) is 0 Å². The van der Waals surface area contributed by atoms with Gasteiger partial charge in [0.25, 0.3) is 11.8 Å². The normalized spacial score (nSPS) is 17.0. The zero-order chi connectivity index (χ0) is 11.4. The van der Waals surface area contributed by atoms with Crippen LogP contribution in [0.1, 0.15) is 31.8 Å². The van der Waals surface area contributed by atoms with Crippen molar-refractivity contribution in [2.75, 3.05) is 0 Å². The van der Waals surface area contributed by atoms with E-state index in [4.69, 9.17) is 5.73 Å². The maximum Gasteiger partial charge on any atom is 0.279 e. The molecule has 0 radical (unpaired) electrons. The Kier molecular flexibility index (Phi) is 1.42. The largest absolute Gasteiger partial charge is 0.383 e. The van der Waals surface area contributed by atoms with Crippen LogP contribution in [-0.2, 0) is 0 Å². The van der Waals surface area contributed by atoms with E-state index < -0.39 is 5.91 Å².